The van der Waals surface area contributed by atoms with Gasteiger partial charge in [-0.25, -0.2) is 4.79 Å². The van der Waals surface area contributed by atoms with Gasteiger partial charge in [-0.2, -0.15) is 0 Å². The molecule has 0 bridgehead atoms. The molecule has 0 spiro atoms. The molecule has 0 saturated heterocycles. The summed E-state index contributed by atoms with van der Waals surface area (Å²) in [7, 11) is 1.66. The molecule has 4 rings (SSSR count). The summed E-state index contributed by atoms with van der Waals surface area (Å²) in [6.45, 7) is 0. The Kier molecular flexibility index (Phi) is 6.62. The van der Waals surface area contributed by atoms with Crippen molar-refractivity contribution in [3.63, 3.8) is 0 Å². The summed E-state index contributed by atoms with van der Waals surface area (Å²) in [5.41, 5.74) is 4.51. The van der Waals surface area contributed by atoms with Crippen molar-refractivity contribution in [2.75, 3.05) is 7.11 Å². The number of thioether (sulfide) groups is 1. The number of carbonyl (C=O) groups is 1. The molecule has 0 fully saturated rings. The molecular weight excluding hydrogens is 416 g/mol. The molecule has 32 heavy (non-hydrogen) atoms. The molecule has 0 radical (unpaired) electrons. The molecular formula is C28H24O3S. The van der Waals surface area contributed by atoms with Gasteiger partial charge in [0, 0.05) is 5.75 Å². The quantitative estimate of drug-likeness (QED) is 0.313. The normalized spacial score (nSPS) is 11.2. The predicted octanol–water partition coefficient (Wildman–Crippen LogP) is 6.62. The van der Waals surface area contributed by atoms with Crippen LogP contribution in [-0.2, 0) is 10.5 Å². The number of methoxy groups -OCH3 is 1. The first kappa shape index (κ1) is 21.7. The Bertz CT molecular complexity index is 1130. The Morgan fingerprint density at radius 3 is 1.78 bits per heavy atom. The first-order chi connectivity index (χ1) is 15.6. The lowest BCUT2D eigenvalue weighted by atomic mass is 9.84. The van der Waals surface area contributed by atoms with E-state index in [9.17, 15) is 9.90 Å². The SMILES string of the molecule is COc1ccc(C(SCc2ccccc2C(=O)O)(c2ccccc2)c2ccccc2)cc1. The van der Waals surface area contributed by atoms with Crippen LogP contribution in [0.5, 0.6) is 5.75 Å². The van der Waals surface area contributed by atoms with Crippen molar-refractivity contribution >= 4 is 17.7 Å². The van der Waals surface area contributed by atoms with E-state index in [0.717, 1.165) is 28.0 Å². The minimum Gasteiger partial charge on any atom is -0.497 e. The van der Waals surface area contributed by atoms with Crippen molar-refractivity contribution in [2.24, 2.45) is 0 Å². The largest absolute Gasteiger partial charge is 0.497 e. The molecule has 0 heterocycles. The van der Waals surface area contributed by atoms with Crippen LogP contribution in [0.25, 0.3) is 0 Å². The van der Waals surface area contributed by atoms with Crippen LogP contribution < -0.4 is 4.74 Å². The number of carboxylic acid groups (broad SMARTS) is 1. The van der Waals surface area contributed by atoms with Crippen LogP contribution >= 0.6 is 11.8 Å². The fourth-order valence-corrected chi connectivity index (χ4v) is 5.49. The maximum absolute atomic E-state index is 11.8. The number of rotatable bonds is 8. The van der Waals surface area contributed by atoms with Crippen LogP contribution in [0.3, 0.4) is 0 Å². The smallest absolute Gasteiger partial charge is 0.335 e. The standard InChI is InChI=1S/C28H24O3S/c1-31-25-18-16-24(17-19-25)28(22-11-4-2-5-12-22,23-13-6-3-7-14-23)32-20-21-10-8-9-15-26(21)27(29)30/h2-19H,20H2,1H3,(H,29,30). The van der Waals surface area contributed by atoms with Gasteiger partial charge in [-0.3, -0.25) is 0 Å². The van der Waals surface area contributed by atoms with Crippen molar-refractivity contribution in [1.29, 1.82) is 0 Å². The summed E-state index contributed by atoms with van der Waals surface area (Å²) < 4.78 is 4.87. The molecule has 1 N–H and O–H groups in total. The van der Waals surface area contributed by atoms with Crippen LogP contribution in [0.1, 0.15) is 32.6 Å². The van der Waals surface area contributed by atoms with E-state index in [1.54, 1.807) is 31.0 Å². The second-order valence-electron chi connectivity index (χ2n) is 7.39. The number of carboxylic acids is 1. The van der Waals surface area contributed by atoms with E-state index >= 15 is 0 Å². The first-order valence-electron chi connectivity index (χ1n) is 10.4. The molecule has 0 amide bonds. The topological polar surface area (TPSA) is 46.5 Å². The Morgan fingerprint density at radius 2 is 1.25 bits per heavy atom. The Balaban J connectivity index is 1.89. The summed E-state index contributed by atoms with van der Waals surface area (Å²) in [6, 6.07) is 36.1. The highest BCUT2D eigenvalue weighted by atomic mass is 32.2. The second-order valence-corrected chi connectivity index (χ2v) is 8.58. The monoisotopic (exact) mass is 440 g/mol. The van der Waals surface area contributed by atoms with Gasteiger partial charge in [0.25, 0.3) is 0 Å². The van der Waals surface area contributed by atoms with Gasteiger partial charge in [0.1, 0.15) is 5.75 Å². The van der Waals surface area contributed by atoms with Crippen LogP contribution in [0.2, 0.25) is 0 Å². The molecule has 160 valence electrons. The fourth-order valence-electron chi connectivity index (χ4n) is 3.96. The van der Waals surface area contributed by atoms with Crippen LogP contribution in [0, 0.1) is 0 Å². The molecule has 0 unspecified atom stereocenters. The minimum atomic E-state index is -0.907. The Hall–Kier alpha value is -3.50. The lowest BCUT2D eigenvalue weighted by Crippen LogP contribution is -2.26. The number of ether oxygens (including phenoxy) is 1. The highest BCUT2D eigenvalue weighted by molar-refractivity contribution is 7.99. The average molecular weight is 441 g/mol. The third-order valence-electron chi connectivity index (χ3n) is 5.55. The number of aromatic carboxylic acids is 1. The van der Waals surface area contributed by atoms with Gasteiger partial charge >= 0.3 is 5.97 Å². The van der Waals surface area contributed by atoms with Crippen molar-refractivity contribution in [3.05, 3.63) is 137 Å². The molecule has 3 nitrogen and oxygen atoms in total. The second kappa shape index (κ2) is 9.75. The zero-order valence-electron chi connectivity index (χ0n) is 17.8. The summed E-state index contributed by atoms with van der Waals surface area (Å²) >= 11 is 1.72. The number of hydrogen-bond donors (Lipinski definition) is 1. The highest BCUT2D eigenvalue weighted by Crippen LogP contribution is 2.50. The van der Waals surface area contributed by atoms with Gasteiger partial charge in [-0.15, -0.1) is 11.8 Å². The zero-order valence-corrected chi connectivity index (χ0v) is 18.6. The van der Waals surface area contributed by atoms with E-state index in [2.05, 4.69) is 36.4 Å². The summed E-state index contributed by atoms with van der Waals surface area (Å²) in [5, 5.41) is 9.68. The number of benzene rings is 4. The molecule has 0 atom stereocenters. The van der Waals surface area contributed by atoms with Gasteiger partial charge in [0.2, 0.25) is 0 Å². The summed E-state index contributed by atoms with van der Waals surface area (Å²) in [4.78, 5) is 11.8. The highest BCUT2D eigenvalue weighted by Gasteiger charge is 2.37. The maximum Gasteiger partial charge on any atom is 0.335 e. The average Bonchev–Trinajstić information content (AvgIpc) is 2.86. The minimum absolute atomic E-state index is 0.338. The molecule has 0 aliphatic heterocycles. The lowest BCUT2D eigenvalue weighted by Gasteiger charge is -2.35. The van der Waals surface area contributed by atoms with Crippen LogP contribution in [-0.4, -0.2) is 18.2 Å². The molecule has 4 aromatic rings. The van der Waals surface area contributed by atoms with E-state index in [-0.39, 0.29) is 0 Å². The van der Waals surface area contributed by atoms with Crippen LogP contribution in [0.15, 0.2) is 109 Å². The van der Waals surface area contributed by atoms with E-state index < -0.39 is 10.7 Å². The fraction of sp³-hybridized carbons (Fsp3) is 0.107. The predicted molar refractivity (Wildman–Crippen MR) is 130 cm³/mol. The third-order valence-corrected chi connectivity index (χ3v) is 7.14. The Morgan fingerprint density at radius 1 is 0.750 bits per heavy atom. The molecule has 0 aliphatic carbocycles. The zero-order chi connectivity index (χ0) is 22.4. The molecule has 4 aromatic carbocycles. The molecule has 0 saturated carbocycles. The van der Waals surface area contributed by atoms with Gasteiger partial charge < -0.3 is 9.84 Å². The van der Waals surface area contributed by atoms with Crippen LogP contribution in [0.4, 0.5) is 0 Å². The van der Waals surface area contributed by atoms with E-state index in [1.807, 2.05) is 60.7 Å². The summed E-state index contributed by atoms with van der Waals surface area (Å²) in [5.74, 6) is 0.429. The maximum atomic E-state index is 11.8. The third kappa shape index (κ3) is 4.27. The molecule has 0 aromatic heterocycles. The van der Waals surface area contributed by atoms with Gasteiger partial charge in [0.05, 0.1) is 17.4 Å². The lowest BCUT2D eigenvalue weighted by molar-refractivity contribution is 0.0696. The van der Waals surface area contributed by atoms with Gasteiger partial charge in [0.15, 0.2) is 0 Å². The van der Waals surface area contributed by atoms with Crippen molar-refractivity contribution in [1.82, 2.24) is 0 Å². The molecule has 0 aliphatic rings. The van der Waals surface area contributed by atoms with Crippen molar-refractivity contribution in [3.8, 4) is 5.75 Å². The van der Waals surface area contributed by atoms with E-state index in [1.165, 1.54) is 0 Å². The van der Waals surface area contributed by atoms with Gasteiger partial charge in [-0.1, -0.05) is 91.0 Å². The summed E-state index contributed by atoms with van der Waals surface area (Å²) in [6.07, 6.45) is 0. The van der Waals surface area contributed by atoms with Crippen molar-refractivity contribution < 1.29 is 14.6 Å². The van der Waals surface area contributed by atoms with E-state index in [0.29, 0.717) is 11.3 Å². The number of hydrogen-bond acceptors (Lipinski definition) is 3. The van der Waals surface area contributed by atoms with Gasteiger partial charge in [-0.05, 0) is 40.5 Å². The Labute approximate surface area is 192 Å². The first-order valence-corrected chi connectivity index (χ1v) is 11.3. The van der Waals surface area contributed by atoms with E-state index in [4.69, 9.17) is 4.74 Å². The van der Waals surface area contributed by atoms with Crippen molar-refractivity contribution in [2.45, 2.75) is 10.5 Å². The molecule has 4 heteroatoms.